The highest BCUT2D eigenvalue weighted by Crippen LogP contribution is 2.24. The molecule has 106 valence electrons. The number of rotatable bonds is 2. The molecule has 2 heterocycles. The van der Waals surface area contributed by atoms with E-state index < -0.39 is 0 Å². The maximum atomic E-state index is 13.2. The molecule has 1 N–H and O–H groups in total. The summed E-state index contributed by atoms with van der Waals surface area (Å²) in [6, 6.07) is 6.38. The fourth-order valence-electron chi connectivity index (χ4n) is 2.19. The highest BCUT2D eigenvalue weighted by atomic mass is 32.1. The summed E-state index contributed by atoms with van der Waals surface area (Å²) in [6.07, 6.45) is 3.64. The van der Waals surface area contributed by atoms with Gasteiger partial charge in [0.25, 0.3) is 0 Å². The van der Waals surface area contributed by atoms with Crippen LogP contribution in [0.3, 0.4) is 0 Å². The van der Waals surface area contributed by atoms with E-state index in [1.807, 2.05) is 20.2 Å². The van der Waals surface area contributed by atoms with Gasteiger partial charge in [0.2, 0.25) is 0 Å². The Kier molecular flexibility index (Phi) is 3.39. The maximum absolute atomic E-state index is 13.2. The van der Waals surface area contributed by atoms with E-state index in [-0.39, 0.29) is 5.82 Å². The molecule has 3 rings (SSSR count). The van der Waals surface area contributed by atoms with E-state index >= 15 is 0 Å². The predicted molar refractivity (Wildman–Crippen MR) is 81.8 cm³/mol. The lowest BCUT2D eigenvalue weighted by Gasteiger charge is -2.07. The summed E-state index contributed by atoms with van der Waals surface area (Å²) >= 11 is 5.23. The summed E-state index contributed by atoms with van der Waals surface area (Å²) < 4.78 is 15.4. The first-order valence-corrected chi connectivity index (χ1v) is 6.80. The predicted octanol–water partition coefficient (Wildman–Crippen LogP) is 3.65. The largest absolute Gasteiger partial charge is 0.339 e. The Labute approximate surface area is 126 Å². The summed E-state index contributed by atoms with van der Waals surface area (Å²) in [5.41, 5.74) is 3.39. The van der Waals surface area contributed by atoms with Gasteiger partial charge in [0.15, 0.2) is 0 Å². The number of hydrogen-bond donors (Lipinski definition) is 1. The molecule has 0 bridgehead atoms. The van der Waals surface area contributed by atoms with Crippen molar-refractivity contribution in [3.8, 4) is 22.6 Å². The van der Waals surface area contributed by atoms with Gasteiger partial charge >= 0.3 is 0 Å². The number of halogens is 1. The third-order valence-electron chi connectivity index (χ3n) is 3.20. The number of benzene rings is 1. The van der Waals surface area contributed by atoms with Gasteiger partial charge in [-0.05, 0) is 36.8 Å². The minimum atomic E-state index is -0.265. The molecule has 0 aliphatic carbocycles. The molecule has 0 unspecified atom stereocenters. The van der Waals surface area contributed by atoms with Crippen LogP contribution in [0.25, 0.3) is 22.6 Å². The Morgan fingerprint density at radius 1 is 1.29 bits per heavy atom. The summed E-state index contributed by atoms with van der Waals surface area (Å²) in [6.45, 7) is 1.84. The van der Waals surface area contributed by atoms with Crippen molar-refractivity contribution in [2.45, 2.75) is 6.92 Å². The van der Waals surface area contributed by atoms with Gasteiger partial charge in [0.05, 0.1) is 11.9 Å². The van der Waals surface area contributed by atoms with Crippen molar-refractivity contribution in [2.24, 2.45) is 7.05 Å². The molecule has 0 aliphatic heterocycles. The molecular formula is C15H13FN4S. The van der Waals surface area contributed by atoms with Crippen LogP contribution in [-0.2, 0) is 7.05 Å². The standard InChI is InChI=1S/C15H13FN4S/c1-9-5-11(16)3-4-12(9)15-18-13(6-14(21)19-15)10-7-17-20(2)8-10/h3-8H,1-2H3,(H,18,19,21). The van der Waals surface area contributed by atoms with Crippen LogP contribution in [0.15, 0.2) is 36.7 Å². The quantitative estimate of drug-likeness (QED) is 0.735. The molecule has 0 spiro atoms. The zero-order valence-corrected chi connectivity index (χ0v) is 12.4. The Bertz CT molecular complexity index is 866. The number of H-pyrrole nitrogens is 1. The van der Waals surface area contributed by atoms with Crippen molar-refractivity contribution < 1.29 is 4.39 Å². The highest BCUT2D eigenvalue weighted by Gasteiger charge is 2.08. The average molecular weight is 300 g/mol. The van der Waals surface area contributed by atoms with E-state index in [1.54, 1.807) is 23.0 Å². The number of nitrogens with one attached hydrogen (secondary N) is 1. The first-order chi connectivity index (χ1) is 10.0. The van der Waals surface area contributed by atoms with Gasteiger partial charge in [-0.3, -0.25) is 4.68 Å². The van der Waals surface area contributed by atoms with Crippen molar-refractivity contribution in [2.75, 3.05) is 0 Å². The summed E-state index contributed by atoms with van der Waals surface area (Å²) in [4.78, 5) is 7.57. The van der Waals surface area contributed by atoms with Crippen molar-refractivity contribution in [1.82, 2.24) is 19.7 Å². The Morgan fingerprint density at radius 3 is 2.76 bits per heavy atom. The summed E-state index contributed by atoms with van der Waals surface area (Å²) in [5.74, 6) is 0.358. The third-order valence-corrected chi connectivity index (χ3v) is 3.41. The summed E-state index contributed by atoms with van der Waals surface area (Å²) in [7, 11) is 1.85. The van der Waals surface area contributed by atoms with Gasteiger partial charge in [-0.15, -0.1) is 0 Å². The van der Waals surface area contributed by atoms with Crippen LogP contribution in [0.2, 0.25) is 0 Å². The van der Waals surface area contributed by atoms with E-state index in [4.69, 9.17) is 12.2 Å². The summed E-state index contributed by atoms with van der Waals surface area (Å²) in [5, 5.41) is 4.15. The van der Waals surface area contributed by atoms with Crippen LogP contribution in [0, 0.1) is 17.4 Å². The zero-order valence-electron chi connectivity index (χ0n) is 11.6. The molecule has 21 heavy (non-hydrogen) atoms. The first-order valence-electron chi connectivity index (χ1n) is 6.40. The molecule has 1 aromatic carbocycles. The normalized spacial score (nSPS) is 10.8. The number of hydrogen-bond acceptors (Lipinski definition) is 3. The van der Waals surface area contributed by atoms with Gasteiger partial charge in [0, 0.05) is 24.4 Å². The van der Waals surface area contributed by atoms with Gasteiger partial charge < -0.3 is 4.98 Å². The van der Waals surface area contributed by atoms with E-state index in [9.17, 15) is 4.39 Å². The SMILES string of the molecule is Cc1cc(F)ccc1-c1nc(=S)cc(-c2cnn(C)c2)[nH]1. The topological polar surface area (TPSA) is 46.5 Å². The number of nitrogens with zero attached hydrogens (tertiary/aromatic N) is 3. The lowest BCUT2D eigenvalue weighted by atomic mass is 10.1. The maximum Gasteiger partial charge on any atom is 0.139 e. The van der Waals surface area contributed by atoms with E-state index in [1.165, 1.54) is 12.1 Å². The van der Waals surface area contributed by atoms with Crippen LogP contribution in [0.4, 0.5) is 4.39 Å². The molecule has 0 amide bonds. The van der Waals surface area contributed by atoms with Crippen LogP contribution in [0.5, 0.6) is 0 Å². The van der Waals surface area contributed by atoms with Crippen LogP contribution in [-0.4, -0.2) is 19.7 Å². The average Bonchev–Trinajstić information content (AvgIpc) is 2.84. The molecule has 0 radical (unpaired) electrons. The van der Waals surface area contributed by atoms with E-state index in [0.29, 0.717) is 10.5 Å². The van der Waals surface area contributed by atoms with Crippen molar-refractivity contribution in [3.05, 3.63) is 52.7 Å². The van der Waals surface area contributed by atoms with Gasteiger partial charge in [-0.2, -0.15) is 5.10 Å². The molecule has 3 aromatic rings. The third kappa shape index (κ3) is 2.75. The molecule has 4 nitrogen and oxygen atoms in total. The van der Waals surface area contributed by atoms with Gasteiger partial charge in [0.1, 0.15) is 16.3 Å². The Morgan fingerprint density at radius 2 is 2.10 bits per heavy atom. The smallest absolute Gasteiger partial charge is 0.139 e. The second-order valence-corrected chi connectivity index (χ2v) is 5.26. The number of aromatic nitrogens is 4. The zero-order chi connectivity index (χ0) is 15.0. The fourth-order valence-corrected chi connectivity index (χ4v) is 2.40. The molecule has 0 saturated carbocycles. The first kappa shape index (κ1) is 13.6. The van der Waals surface area contributed by atoms with Gasteiger partial charge in [-0.1, -0.05) is 12.2 Å². The molecule has 0 aliphatic rings. The van der Waals surface area contributed by atoms with Crippen molar-refractivity contribution in [3.63, 3.8) is 0 Å². The number of aromatic amines is 1. The number of aryl methyl sites for hydroxylation is 2. The second-order valence-electron chi connectivity index (χ2n) is 4.84. The van der Waals surface area contributed by atoms with E-state index in [2.05, 4.69) is 15.1 Å². The van der Waals surface area contributed by atoms with Crippen LogP contribution in [0.1, 0.15) is 5.56 Å². The monoisotopic (exact) mass is 300 g/mol. The van der Waals surface area contributed by atoms with Crippen molar-refractivity contribution in [1.29, 1.82) is 0 Å². The lowest BCUT2D eigenvalue weighted by Crippen LogP contribution is -1.95. The van der Waals surface area contributed by atoms with Crippen LogP contribution < -0.4 is 0 Å². The lowest BCUT2D eigenvalue weighted by molar-refractivity contribution is 0.627. The minimum Gasteiger partial charge on any atom is -0.339 e. The molecule has 0 atom stereocenters. The molecule has 0 fully saturated rings. The van der Waals surface area contributed by atoms with Gasteiger partial charge in [-0.25, -0.2) is 9.37 Å². The molecule has 6 heteroatoms. The fraction of sp³-hybridized carbons (Fsp3) is 0.133. The van der Waals surface area contributed by atoms with Crippen LogP contribution >= 0.6 is 12.2 Å². The van der Waals surface area contributed by atoms with Crippen molar-refractivity contribution >= 4 is 12.2 Å². The minimum absolute atomic E-state index is 0.265. The highest BCUT2D eigenvalue weighted by molar-refractivity contribution is 7.71. The molecule has 0 saturated heterocycles. The molecular weight excluding hydrogens is 287 g/mol. The van der Waals surface area contributed by atoms with E-state index in [0.717, 1.165) is 22.4 Å². The Balaban J connectivity index is 2.16. The Hall–Kier alpha value is -2.34. The molecule has 2 aromatic heterocycles. The second kappa shape index (κ2) is 5.21.